The van der Waals surface area contributed by atoms with Crippen molar-refractivity contribution in [2.45, 2.75) is 58.0 Å². The van der Waals surface area contributed by atoms with Crippen LogP contribution < -0.4 is 4.74 Å². The highest BCUT2D eigenvalue weighted by Crippen LogP contribution is 2.36. The Labute approximate surface area is 155 Å². The van der Waals surface area contributed by atoms with Crippen LogP contribution in [0, 0.1) is 27.7 Å². The molecule has 0 unspecified atom stereocenters. The minimum absolute atomic E-state index is 0.0702. The average Bonchev–Trinajstić information content (AvgIpc) is 3.37. The van der Waals surface area contributed by atoms with Gasteiger partial charge >= 0.3 is 0 Å². The van der Waals surface area contributed by atoms with Gasteiger partial charge in [0, 0.05) is 30.9 Å². The van der Waals surface area contributed by atoms with Crippen molar-refractivity contribution in [2.24, 2.45) is 7.05 Å². The molecule has 0 spiro atoms. The molecule has 6 nitrogen and oxygen atoms in total. The van der Waals surface area contributed by atoms with E-state index >= 15 is 0 Å². The summed E-state index contributed by atoms with van der Waals surface area (Å²) in [7, 11) is -0.112. The van der Waals surface area contributed by atoms with Gasteiger partial charge in [0.05, 0.1) is 17.7 Å². The first-order valence-corrected chi connectivity index (χ1v) is 10.3. The molecule has 1 aliphatic rings. The maximum Gasteiger partial charge on any atom is 0.243 e. The summed E-state index contributed by atoms with van der Waals surface area (Å²) in [5, 5.41) is 4.43. The number of sulfonamides is 1. The largest absolute Gasteiger partial charge is 0.496 e. The number of benzene rings is 1. The molecule has 142 valence electrons. The normalized spacial score (nSPS) is 14.9. The van der Waals surface area contributed by atoms with Gasteiger partial charge in [-0.2, -0.15) is 9.40 Å². The fourth-order valence-electron chi connectivity index (χ4n) is 3.36. The van der Waals surface area contributed by atoms with E-state index in [-0.39, 0.29) is 6.04 Å². The Morgan fingerprint density at radius 1 is 1.19 bits per heavy atom. The number of methoxy groups -OCH3 is 1. The molecule has 1 aromatic heterocycles. The van der Waals surface area contributed by atoms with Crippen molar-refractivity contribution in [3.05, 3.63) is 40.2 Å². The van der Waals surface area contributed by atoms with Gasteiger partial charge in [-0.3, -0.25) is 4.68 Å². The summed E-state index contributed by atoms with van der Waals surface area (Å²) in [5.74, 6) is 0.707. The van der Waals surface area contributed by atoms with Gasteiger partial charge in [-0.25, -0.2) is 8.42 Å². The molecule has 1 aromatic carbocycles. The zero-order valence-corrected chi connectivity index (χ0v) is 17.1. The van der Waals surface area contributed by atoms with Crippen LogP contribution >= 0.6 is 0 Å². The van der Waals surface area contributed by atoms with Gasteiger partial charge in [-0.05, 0) is 63.8 Å². The van der Waals surface area contributed by atoms with Gasteiger partial charge in [0.15, 0.2) is 0 Å². The summed E-state index contributed by atoms with van der Waals surface area (Å²) in [6.45, 7) is 7.97. The van der Waals surface area contributed by atoms with Crippen LogP contribution in [0.4, 0.5) is 0 Å². The van der Waals surface area contributed by atoms with E-state index in [9.17, 15) is 8.42 Å². The highest BCUT2D eigenvalue weighted by molar-refractivity contribution is 7.89. The Kier molecular flexibility index (Phi) is 4.88. The topological polar surface area (TPSA) is 64.4 Å². The summed E-state index contributed by atoms with van der Waals surface area (Å²) in [6, 6.07) is 3.59. The predicted molar refractivity (Wildman–Crippen MR) is 101 cm³/mol. The molecule has 1 saturated carbocycles. The third kappa shape index (κ3) is 3.25. The molecule has 1 fully saturated rings. The Morgan fingerprint density at radius 2 is 1.85 bits per heavy atom. The molecule has 7 heteroatoms. The first-order valence-electron chi connectivity index (χ1n) is 8.83. The third-order valence-electron chi connectivity index (χ3n) is 5.21. The monoisotopic (exact) mass is 377 g/mol. The van der Waals surface area contributed by atoms with Gasteiger partial charge < -0.3 is 4.74 Å². The molecule has 1 aliphatic carbocycles. The van der Waals surface area contributed by atoms with E-state index in [1.54, 1.807) is 23.5 Å². The van der Waals surface area contributed by atoms with E-state index in [2.05, 4.69) is 5.10 Å². The van der Waals surface area contributed by atoms with Crippen molar-refractivity contribution in [2.75, 3.05) is 7.11 Å². The van der Waals surface area contributed by atoms with Crippen molar-refractivity contribution < 1.29 is 13.2 Å². The van der Waals surface area contributed by atoms with Gasteiger partial charge in [-0.15, -0.1) is 0 Å². The highest BCUT2D eigenvalue weighted by atomic mass is 32.2. The van der Waals surface area contributed by atoms with Crippen molar-refractivity contribution in [1.82, 2.24) is 14.1 Å². The van der Waals surface area contributed by atoms with Gasteiger partial charge in [-0.1, -0.05) is 0 Å². The lowest BCUT2D eigenvalue weighted by Gasteiger charge is -2.24. The van der Waals surface area contributed by atoms with Crippen LogP contribution in [0.25, 0.3) is 0 Å². The lowest BCUT2D eigenvalue weighted by atomic mass is 10.1. The highest BCUT2D eigenvalue weighted by Gasteiger charge is 2.39. The van der Waals surface area contributed by atoms with E-state index in [0.29, 0.717) is 22.8 Å². The predicted octanol–water partition coefficient (Wildman–Crippen LogP) is 3.02. The smallest absolute Gasteiger partial charge is 0.243 e. The van der Waals surface area contributed by atoms with E-state index in [4.69, 9.17) is 4.74 Å². The van der Waals surface area contributed by atoms with E-state index in [1.807, 2.05) is 39.4 Å². The van der Waals surface area contributed by atoms with Gasteiger partial charge in [0.2, 0.25) is 10.0 Å². The summed E-state index contributed by atoms with van der Waals surface area (Å²) in [5.41, 5.74) is 4.41. The second-order valence-corrected chi connectivity index (χ2v) is 9.00. The standard InChI is InChI=1S/C19H27N3O3S/c1-12-10-19(13(2)9-18(12)25-6)26(23,24)22(16-7-8-16)11-17-14(3)20-21(5)15(17)4/h9-10,16H,7-8,11H2,1-6H3. The fourth-order valence-corrected chi connectivity index (χ4v) is 5.31. The molecule has 2 aromatic rings. The molecule has 26 heavy (non-hydrogen) atoms. The Balaban J connectivity index is 2.04. The maximum atomic E-state index is 13.5. The molecule has 0 bridgehead atoms. The number of aromatic nitrogens is 2. The van der Waals surface area contributed by atoms with Crippen LogP contribution in [-0.2, 0) is 23.6 Å². The molecule has 1 heterocycles. The summed E-state index contributed by atoms with van der Waals surface area (Å²) >= 11 is 0. The van der Waals surface area contributed by atoms with Crippen LogP contribution in [0.15, 0.2) is 17.0 Å². The van der Waals surface area contributed by atoms with Crippen LogP contribution in [0.2, 0.25) is 0 Å². The fraction of sp³-hybridized carbons (Fsp3) is 0.526. The maximum absolute atomic E-state index is 13.5. The van der Waals surface area contributed by atoms with Crippen molar-refractivity contribution >= 4 is 10.0 Å². The number of aryl methyl sites for hydroxylation is 4. The van der Waals surface area contributed by atoms with Crippen LogP contribution in [0.1, 0.15) is 40.9 Å². The molecular formula is C19H27N3O3S. The SMILES string of the molecule is COc1cc(C)c(S(=O)(=O)N(Cc2c(C)nn(C)c2C)C2CC2)cc1C. The minimum Gasteiger partial charge on any atom is -0.496 e. The van der Waals surface area contributed by atoms with E-state index in [0.717, 1.165) is 35.4 Å². The minimum atomic E-state index is -3.60. The quantitative estimate of drug-likeness (QED) is 0.776. The van der Waals surface area contributed by atoms with Crippen LogP contribution in [0.5, 0.6) is 5.75 Å². The average molecular weight is 378 g/mol. The van der Waals surface area contributed by atoms with Gasteiger partial charge in [0.25, 0.3) is 0 Å². The van der Waals surface area contributed by atoms with Crippen molar-refractivity contribution in [1.29, 1.82) is 0 Å². The molecule has 0 N–H and O–H groups in total. The zero-order chi connectivity index (χ0) is 19.2. The number of ether oxygens (including phenoxy) is 1. The molecule has 0 radical (unpaired) electrons. The molecule has 3 rings (SSSR count). The van der Waals surface area contributed by atoms with Crippen molar-refractivity contribution in [3.8, 4) is 5.75 Å². The summed E-state index contributed by atoms with van der Waals surface area (Å²) < 4.78 is 35.7. The lowest BCUT2D eigenvalue weighted by Crippen LogP contribution is -2.33. The first-order chi connectivity index (χ1) is 12.2. The number of hydrogen-bond acceptors (Lipinski definition) is 4. The zero-order valence-electron chi connectivity index (χ0n) is 16.3. The van der Waals surface area contributed by atoms with E-state index < -0.39 is 10.0 Å². The van der Waals surface area contributed by atoms with Crippen molar-refractivity contribution in [3.63, 3.8) is 0 Å². The van der Waals surface area contributed by atoms with Crippen LogP contribution in [-0.4, -0.2) is 35.7 Å². The molecule has 0 aliphatic heterocycles. The number of nitrogens with zero attached hydrogens (tertiary/aromatic N) is 3. The molecular weight excluding hydrogens is 350 g/mol. The molecule has 0 atom stereocenters. The van der Waals surface area contributed by atoms with Crippen LogP contribution in [0.3, 0.4) is 0 Å². The lowest BCUT2D eigenvalue weighted by molar-refractivity contribution is 0.395. The number of hydrogen-bond donors (Lipinski definition) is 0. The summed E-state index contributed by atoms with van der Waals surface area (Å²) in [6.07, 6.45) is 1.82. The molecule has 0 amide bonds. The summed E-state index contributed by atoms with van der Waals surface area (Å²) in [4.78, 5) is 0.363. The third-order valence-corrected chi connectivity index (χ3v) is 7.25. The molecule has 0 saturated heterocycles. The Bertz CT molecular complexity index is 943. The second kappa shape index (κ2) is 6.70. The van der Waals surface area contributed by atoms with Gasteiger partial charge in [0.1, 0.15) is 5.75 Å². The number of rotatable bonds is 6. The first kappa shape index (κ1) is 18.9. The Hall–Kier alpha value is -1.86. The second-order valence-electron chi connectivity index (χ2n) is 7.14. The Morgan fingerprint density at radius 3 is 2.35 bits per heavy atom. The van der Waals surface area contributed by atoms with E-state index in [1.165, 1.54) is 0 Å².